The zero-order valence-electron chi connectivity index (χ0n) is 12.5. The van der Waals surface area contributed by atoms with Crippen molar-refractivity contribution in [3.05, 3.63) is 54.1 Å². The third-order valence-corrected chi connectivity index (χ3v) is 5.06. The van der Waals surface area contributed by atoms with Crippen LogP contribution in [0.2, 0.25) is 0 Å². The minimum atomic E-state index is 0.592. The SMILES string of the molecule is Cc1ncccc1N1CC2(CC(Cc3cccnc3)C2)C1. The van der Waals surface area contributed by atoms with Crippen LogP contribution in [0, 0.1) is 18.3 Å². The Hall–Kier alpha value is -1.90. The fourth-order valence-corrected chi connectivity index (χ4v) is 4.16. The summed E-state index contributed by atoms with van der Waals surface area (Å²) in [5.74, 6) is 0.853. The number of nitrogens with zero attached hydrogens (tertiary/aromatic N) is 3. The van der Waals surface area contributed by atoms with Gasteiger partial charge < -0.3 is 4.90 Å². The van der Waals surface area contributed by atoms with Gasteiger partial charge in [-0.15, -0.1) is 0 Å². The number of hydrogen-bond donors (Lipinski definition) is 0. The average Bonchev–Trinajstić information content (AvgIpc) is 2.42. The van der Waals surface area contributed by atoms with Crippen LogP contribution in [-0.4, -0.2) is 23.1 Å². The molecule has 1 aliphatic heterocycles. The van der Waals surface area contributed by atoms with Crippen LogP contribution in [0.1, 0.15) is 24.1 Å². The van der Waals surface area contributed by atoms with Crippen LogP contribution >= 0.6 is 0 Å². The molecule has 0 unspecified atom stereocenters. The molecule has 1 saturated heterocycles. The van der Waals surface area contributed by atoms with Gasteiger partial charge in [0.2, 0.25) is 0 Å². The molecule has 21 heavy (non-hydrogen) atoms. The van der Waals surface area contributed by atoms with Gasteiger partial charge in [-0.25, -0.2) is 0 Å². The highest BCUT2D eigenvalue weighted by atomic mass is 15.2. The minimum Gasteiger partial charge on any atom is -0.369 e. The van der Waals surface area contributed by atoms with Crippen molar-refractivity contribution in [1.29, 1.82) is 0 Å². The van der Waals surface area contributed by atoms with Gasteiger partial charge in [-0.3, -0.25) is 9.97 Å². The molecule has 4 rings (SSSR count). The maximum Gasteiger partial charge on any atom is 0.0605 e. The molecular weight excluding hydrogens is 258 g/mol. The molecule has 1 aliphatic carbocycles. The van der Waals surface area contributed by atoms with E-state index in [1.54, 1.807) is 0 Å². The largest absolute Gasteiger partial charge is 0.369 e. The Morgan fingerprint density at radius 2 is 2.00 bits per heavy atom. The first-order valence-electron chi connectivity index (χ1n) is 7.80. The normalized spacial score (nSPS) is 20.1. The van der Waals surface area contributed by atoms with E-state index in [4.69, 9.17) is 0 Å². The van der Waals surface area contributed by atoms with Crippen molar-refractivity contribution < 1.29 is 0 Å². The second kappa shape index (κ2) is 4.83. The van der Waals surface area contributed by atoms with Crippen molar-refractivity contribution in [2.45, 2.75) is 26.2 Å². The fourth-order valence-electron chi connectivity index (χ4n) is 4.16. The third kappa shape index (κ3) is 2.31. The van der Waals surface area contributed by atoms with E-state index in [2.05, 4.69) is 33.9 Å². The van der Waals surface area contributed by atoms with Gasteiger partial charge in [0.05, 0.1) is 11.4 Å². The predicted molar refractivity (Wildman–Crippen MR) is 84.3 cm³/mol. The molecule has 3 nitrogen and oxygen atoms in total. The van der Waals surface area contributed by atoms with Gasteiger partial charge in [0, 0.05) is 37.1 Å². The Balaban J connectivity index is 1.32. The topological polar surface area (TPSA) is 29.0 Å². The lowest BCUT2D eigenvalue weighted by molar-refractivity contribution is 0.0239. The van der Waals surface area contributed by atoms with Crippen molar-refractivity contribution in [2.24, 2.45) is 11.3 Å². The van der Waals surface area contributed by atoms with Gasteiger partial charge in [0.1, 0.15) is 0 Å². The van der Waals surface area contributed by atoms with Crippen molar-refractivity contribution in [2.75, 3.05) is 18.0 Å². The summed E-state index contributed by atoms with van der Waals surface area (Å²) in [6.45, 7) is 4.53. The Morgan fingerprint density at radius 3 is 2.71 bits per heavy atom. The van der Waals surface area contributed by atoms with Crippen LogP contribution in [0.25, 0.3) is 0 Å². The summed E-state index contributed by atoms with van der Waals surface area (Å²) < 4.78 is 0. The summed E-state index contributed by atoms with van der Waals surface area (Å²) in [6, 6.07) is 8.48. The summed E-state index contributed by atoms with van der Waals surface area (Å²) in [4.78, 5) is 11.1. The predicted octanol–water partition coefficient (Wildman–Crippen LogP) is 3.24. The Kier molecular flexibility index (Phi) is 2.95. The molecule has 2 aromatic rings. The molecule has 0 amide bonds. The molecule has 2 fully saturated rings. The first kappa shape index (κ1) is 12.8. The van der Waals surface area contributed by atoms with Gasteiger partial charge in [-0.2, -0.15) is 0 Å². The van der Waals surface area contributed by atoms with E-state index >= 15 is 0 Å². The Bertz CT molecular complexity index is 624. The maximum absolute atomic E-state index is 4.40. The molecule has 0 radical (unpaired) electrons. The van der Waals surface area contributed by atoms with Crippen molar-refractivity contribution in [3.63, 3.8) is 0 Å². The number of hydrogen-bond acceptors (Lipinski definition) is 3. The highest BCUT2D eigenvalue weighted by Crippen LogP contribution is 2.53. The summed E-state index contributed by atoms with van der Waals surface area (Å²) in [5.41, 5.74) is 4.45. The van der Waals surface area contributed by atoms with Gasteiger partial charge in [-0.05, 0) is 55.9 Å². The van der Waals surface area contributed by atoms with Gasteiger partial charge in [0.25, 0.3) is 0 Å². The lowest BCUT2D eigenvalue weighted by atomic mass is 9.56. The smallest absolute Gasteiger partial charge is 0.0605 e. The van der Waals surface area contributed by atoms with Crippen LogP contribution in [0.5, 0.6) is 0 Å². The monoisotopic (exact) mass is 279 g/mol. The number of rotatable bonds is 3. The molecule has 1 spiro atoms. The zero-order valence-corrected chi connectivity index (χ0v) is 12.5. The zero-order chi connectivity index (χ0) is 14.3. The summed E-state index contributed by atoms with van der Waals surface area (Å²) in [6.07, 6.45) is 9.68. The number of anilines is 1. The van der Waals surface area contributed by atoms with Gasteiger partial charge in [0.15, 0.2) is 0 Å². The Morgan fingerprint density at radius 1 is 1.19 bits per heavy atom. The number of aryl methyl sites for hydroxylation is 1. The molecule has 0 aromatic carbocycles. The number of aromatic nitrogens is 2. The molecular formula is C18H21N3. The van der Waals surface area contributed by atoms with Gasteiger partial charge >= 0.3 is 0 Å². The van der Waals surface area contributed by atoms with Crippen LogP contribution in [0.3, 0.4) is 0 Å². The molecule has 0 bridgehead atoms. The minimum absolute atomic E-state index is 0.592. The summed E-state index contributed by atoms with van der Waals surface area (Å²) in [5, 5.41) is 0. The average molecular weight is 279 g/mol. The van der Waals surface area contributed by atoms with Crippen LogP contribution in [0.15, 0.2) is 42.9 Å². The Labute approximate surface area is 126 Å². The molecule has 3 heterocycles. The van der Waals surface area contributed by atoms with Crippen molar-refractivity contribution in [1.82, 2.24) is 9.97 Å². The molecule has 1 saturated carbocycles. The highest BCUT2D eigenvalue weighted by molar-refractivity contribution is 5.53. The molecule has 2 aliphatic rings. The van der Waals surface area contributed by atoms with E-state index in [0.29, 0.717) is 5.41 Å². The molecule has 2 aromatic heterocycles. The quantitative estimate of drug-likeness (QED) is 0.863. The standard InChI is InChI=1S/C18H21N3/c1-14-17(5-3-7-20-14)21-12-18(13-21)9-16(10-18)8-15-4-2-6-19-11-15/h2-7,11,16H,8-10,12-13H2,1H3. The number of pyridine rings is 2. The van der Waals surface area contributed by atoms with Crippen molar-refractivity contribution >= 4 is 5.69 Å². The second-order valence-electron chi connectivity index (χ2n) is 6.80. The third-order valence-electron chi connectivity index (χ3n) is 5.06. The van der Waals surface area contributed by atoms with E-state index in [-0.39, 0.29) is 0 Å². The first-order chi connectivity index (χ1) is 10.2. The van der Waals surface area contributed by atoms with E-state index in [1.807, 2.05) is 30.7 Å². The maximum atomic E-state index is 4.40. The summed E-state index contributed by atoms with van der Waals surface area (Å²) in [7, 11) is 0. The van der Waals surface area contributed by atoms with Crippen LogP contribution < -0.4 is 4.90 Å². The molecule has 0 atom stereocenters. The fraction of sp³-hybridized carbons (Fsp3) is 0.444. The lowest BCUT2D eigenvalue weighted by Crippen LogP contribution is -2.62. The van der Waals surface area contributed by atoms with E-state index in [0.717, 1.165) is 11.6 Å². The molecule has 0 N–H and O–H groups in total. The van der Waals surface area contributed by atoms with E-state index in [9.17, 15) is 0 Å². The molecule has 108 valence electrons. The van der Waals surface area contributed by atoms with E-state index in [1.165, 1.54) is 43.6 Å². The molecule has 3 heteroatoms. The highest BCUT2D eigenvalue weighted by Gasteiger charge is 2.52. The van der Waals surface area contributed by atoms with Gasteiger partial charge in [-0.1, -0.05) is 6.07 Å². The van der Waals surface area contributed by atoms with Crippen molar-refractivity contribution in [3.8, 4) is 0 Å². The summed E-state index contributed by atoms with van der Waals surface area (Å²) >= 11 is 0. The van der Waals surface area contributed by atoms with Crippen LogP contribution in [-0.2, 0) is 6.42 Å². The lowest BCUT2D eigenvalue weighted by Gasteiger charge is -2.60. The van der Waals surface area contributed by atoms with E-state index < -0.39 is 0 Å². The first-order valence-corrected chi connectivity index (χ1v) is 7.80. The van der Waals surface area contributed by atoms with Crippen LogP contribution in [0.4, 0.5) is 5.69 Å². The second-order valence-corrected chi connectivity index (χ2v) is 6.80.